The predicted octanol–water partition coefficient (Wildman–Crippen LogP) is 8.60. The van der Waals surface area contributed by atoms with Crippen molar-refractivity contribution in [1.82, 2.24) is 8.97 Å². The molecule has 0 bridgehead atoms. The van der Waals surface area contributed by atoms with Crippen LogP contribution in [-0.4, -0.2) is 22.0 Å². The Morgan fingerprint density at radius 3 is 2.38 bits per heavy atom. The summed E-state index contributed by atoms with van der Waals surface area (Å²) in [4.78, 5) is 14.1. The maximum Gasteiger partial charge on any atom is 0.273 e. The highest BCUT2D eigenvalue weighted by Crippen LogP contribution is 2.40. The normalized spacial score (nSPS) is 12.9. The van der Waals surface area contributed by atoms with Gasteiger partial charge in [-0.3, -0.25) is 9.20 Å². The summed E-state index contributed by atoms with van der Waals surface area (Å²) >= 11 is 12.4. The van der Waals surface area contributed by atoms with Crippen LogP contribution in [0.1, 0.15) is 40.0 Å². The van der Waals surface area contributed by atoms with Gasteiger partial charge in [-0.1, -0.05) is 41.4 Å². The monoisotopic (exact) mass is 557 g/mol. The highest BCUT2D eigenvalue weighted by Gasteiger charge is 2.30. The Labute approximate surface area is 237 Å². The average molecular weight is 559 g/mol. The molecule has 0 saturated carbocycles. The second-order valence-corrected chi connectivity index (χ2v) is 10.9. The summed E-state index contributed by atoms with van der Waals surface area (Å²) in [5.74, 6) is 0.620. The molecule has 0 saturated heterocycles. The van der Waals surface area contributed by atoms with Crippen LogP contribution in [0.4, 0.5) is 5.69 Å². The van der Waals surface area contributed by atoms with Gasteiger partial charge in [-0.15, -0.1) is 0 Å². The molecule has 1 aliphatic heterocycles. The van der Waals surface area contributed by atoms with E-state index in [1.54, 1.807) is 25.3 Å². The van der Waals surface area contributed by atoms with Crippen LogP contribution < -0.4 is 10.1 Å². The molecule has 2 aromatic heterocycles. The largest absolute Gasteiger partial charge is 0.497 e. The number of nitrogens with one attached hydrogen (secondary N) is 1. The molecule has 0 unspecified atom stereocenters. The van der Waals surface area contributed by atoms with Gasteiger partial charge in [0, 0.05) is 29.6 Å². The first-order valence-electron chi connectivity index (χ1n) is 13.1. The van der Waals surface area contributed by atoms with E-state index >= 15 is 0 Å². The molecule has 1 aliphatic rings. The highest BCUT2D eigenvalue weighted by molar-refractivity contribution is 6.42. The molecule has 6 rings (SSSR count). The van der Waals surface area contributed by atoms with Crippen LogP contribution in [0.2, 0.25) is 10.0 Å². The van der Waals surface area contributed by atoms with Crippen molar-refractivity contribution in [2.24, 2.45) is 0 Å². The van der Waals surface area contributed by atoms with Crippen LogP contribution in [-0.2, 0) is 13.0 Å². The zero-order chi connectivity index (χ0) is 27.3. The third-order valence-corrected chi connectivity index (χ3v) is 8.45. The van der Waals surface area contributed by atoms with Crippen LogP contribution in [0.15, 0.2) is 66.9 Å². The molecule has 0 radical (unpaired) electrons. The number of hydrogen-bond acceptors (Lipinski definition) is 2. The van der Waals surface area contributed by atoms with Crippen molar-refractivity contribution in [3.63, 3.8) is 0 Å². The summed E-state index contributed by atoms with van der Waals surface area (Å²) in [5.41, 5.74) is 10.1. The van der Waals surface area contributed by atoms with Crippen LogP contribution >= 0.6 is 23.2 Å². The van der Waals surface area contributed by atoms with Crippen molar-refractivity contribution in [2.75, 3.05) is 12.4 Å². The molecule has 198 valence electrons. The molecule has 0 aliphatic carbocycles. The van der Waals surface area contributed by atoms with Crippen molar-refractivity contribution < 1.29 is 9.53 Å². The minimum atomic E-state index is -0.193. The van der Waals surface area contributed by atoms with Gasteiger partial charge in [0.15, 0.2) is 0 Å². The number of anilines is 1. The first-order valence-corrected chi connectivity index (χ1v) is 13.9. The zero-order valence-electron chi connectivity index (χ0n) is 22.1. The van der Waals surface area contributed by atoms with E-state index in [1.807, 2.05) is 12.1 Å². The van der Waals surface area contributed by atoms with Crippen molar-refractivity contribution >= 4 is 40.4 Å². The summed E-state index contributed by atoms with van der Waals surface area (Å²) in [6, 6.07) is 19.7. The molecule has 7 heteroatoms. The van der Waals surface area contributed by atoms with Crippen LogP contribution in [0.25, 0.3) is 28.0 Å². The molecular formula is C32H29Cl2N3O2. The number of halogens is 2. The number of aryl methyl sites for hydroxylation is 4. The third kappa shape index (κ3) is 4.50. The van der Waals surface area contributed by atoms with Gasteiger partial charge < -0.3 is 14.6 Å². The number of imidazole rings is 1. The standard InChI is InChI=1S/C32H29Cl2N3O2/c1-19-7-8-22(16-20(19)2)29-25-6-4-5-15-36-28(21-9-12-24(39-3)13-10-21)18-37(32(25)36)30(29)31(38)35-23-11-14-26(33)27(34)17-23/h7-14,16-18H,4-6,15H2,1-3H3,(H,35,38). The Kier molecular flexibility index (Phi) is 6.66. The van der Waals surface area contributed by atoms with E-state index in [0.29, 0.717) is 21.4 Å². The first kappa shape index (κ1) is 25.6. The van der Waals surface area contributed by atoms with Gasteiger partial charge in [-0.25, -0.2) is 0 Å². The fraction of sp³-hybridized carbons (Fsp3) is 0.219. The van der Waals surface area contributed by atoms with Crippen molar-refractivity contribution in [2.45, 2.75) is 39.7 Å². The Hall–Kier alpha value is -3.67. The number of benzene rings is 3. The van der Waals surface area contributed by atoms with Gasteiger partial charge >= 0.3 is 0 Å². The second-order valence-electron chi connectivity index (χ2n) is 10.1. The summed E-state index contributed by atoms with van der Waals surface area (Å²) < 4.78 is 9.83. The second kappa shape index (κ2) is 10.1. The SMILES string of the molecule is COc1ccc(-c2cn3c(C(=O)Nc4ccc(Cl)c(Cl)c4)c(-c4ccc(C)c(C)c4)c4c3n2CCCC4)cc1. The fourth-order valence-electron chi connectivity index (χ4n) is 5.57. The molecule has 3 heterocycles. The molecule has 0 spiro atoms. The topological polar surface area (TPSA) is 47.7 Å². The highest BCUT2D eigenvalue weighted by atomic mass is 35.5. The number of carbonyl (C=O) groups is 1. The predicted molar refractivity (Wildman–Crippen MR) is 160 cm³/mol. The maximum atomic E-state index is 14.1. The molecule has 1 amide bonds. The molecule has 39 heavy (non-hydrogen) atoms. The lowest BCUT2D eigenvalue weighted by Gasteiger charge is -2.12. The van der Waals surface area contributed by atoms with Crippen LogP contribution in [0.3, 0.4) is 0 Å². The van der Waals surface area contributed by atoms with E-state index in [-0.39, 0.29) is 5.91 Å². The van der Waals surface area contributed by atoms with Gasteiger partial charge in [0.05, 0.1) is 22.8 Å². The number of carbonyl (C=O) groups excluding carboxylic acids is 1. The van der Waals surface area contributed by atoms with Crippen molar-refractivity contribution in [1.29, 1.82) is 0 Å². The van der Waals surface area contributed by atoms with E-state index in [4.69, 9.17) is 27.9 Å². The molecular weight excluding hydrogens is 529 g/mol. The van der Waals surface area contributed by atoms with E-state index in [9.17, 15) is 4.79 Å². The van der Waals surface area contributed by atoms with Gasteiger partial charge in [0.2, 0.25) is 0 Å². The molecule has 0 atom stereocenters. The molecule has 5 aromatic rings. The lowest BCUT2D eigenvalue weighted by Crippen LogP contribution is -2.15. The molecule has 3 aromatic carbocycles. The zero-order valence-corrected chi connectivity index (χ0v) is 23.7. The Balaban J connectivity index is 1.59. The average Bonchev–Trinajstić information content (AvgIpc) is 3.35. The molecule has 5 nitrogen and oxygen atoms in total. The van der Waals surface area contributed by atoms with E-state index < -0.39 is 0 Å². The van der Waals surface area contributed by atoms with Gasteiger partial charge in [0.1, 0.15) is 17.1 Å². The Morgan fingerprint density at radius 1 is 0.897 bits per heavy atom. The Bertz CT molecular complexity index is 1730. The Morgan fingerprint density at radius 2 is 1.67 bits per heavy atom. The van der Waals surface area contributed by atoms with Crippen molar-refractivity contribution in [3.8, 4) is 28.1 Å². The lowest BCUT2D eigenvalue weighted by molar-refractivity contribution is 0.102. The molecule has 0 fully saturated rings. The first-order chi connectivity index (χ1) is 18.9. The van der Waals surface area contributed by atoms with Crippen LogP contribution in [0.5, 0.6) is 5.75 Å². The quantitative estimate of drug-likeness (QED) is 0.235. The van der Waals surface area contributed by atoms with Gasteiger partial charge in [-0.2, -0.15) is 0 Å². The minimum absolute atomic E-state index is 0.193. The smallest absolute Gasteiger partial charge is 0.273 e. The summed E-state index contributed by atoms with van der Waals surface area (Å²) in [7, 11) is 1.67. The summed E-state index contributed by atoms with van der Waals surface area (Å²) in [5, 5.41) is 3.92. The number of ether oxygens (including phenoxy) is 1. The van der Waals surface area contributed by atoms with E-state index in [1.165, 1.54) is 16.7 Å². The van der Waals surface area contributed by atoms with Crippen molar-refractivity contribution in [3.05, 3.63) is 99.3 Å². The molecule has 1 N–H and O–H groups in total. The van der Waals surface area contributed by atoms with Gasteiger partial charge in [0.25, 0.3) is 5.91 Å². The lowest BCUT2D eigenvalue weighted by atomic mass is 9.95. The minimum Gasteiger partial charge on any atom is -0.497 e. The van der Waals surface area contributed by atoms with E-state index in [2.05, 4.69) is 64.7 Å². The number of nitrogens with zero attached hydrogens (tertiary/aromatic N) is 2. The number of aromatic nitrogens is 2. The summed E-state index contributed by atoms with van der Waals surface area (Å²) in [6.45, 7) is 5.11. The third-order valence-electron chi connectivity index (χ3n) is 7.71. The summed E-state index contributed by atoms with van der Waals surface area (Å²) in [6.07, 6.45) is 5.12. The fourth-order valence-corrected chi connectivity index (χ4v) is 5.87. The van der Waals surface area contributed by atoms with Gasteiger partial charge in [-0.05, 0) is 97.8 Å². The maximum absolute atomic E-state index is 14.1. The number of methoxy groups -OCH3 is 1. The number of rotatable bonds is 5. The number of amides is 1. The number of hydrogen-bond donors (Lipinski definition) is 1. The van der Waals surface area contributed by atoms with E-state index in [0.717, 1.165) is 59.6 Å². The van der Waals surface area contributed by atoms with Crippen LogP contribution in [0, 0.1) is 13.8 Å².